The molecule has 3 rings (SSSR count). The van der Waals surface area contributed by atoms with Crippen molar-refractivity contribution in [3.63, 3.8) is 0 Å². The number of methoxy groups -OCH3 is 1. The Bertz CT molecular complexity index is 1100. The van der Waals surface area contributed by atoms with E-state index in [1.54, 1.807) is 41.5 Å². The normalized spacial score (nSPS) is 11.9. The van der Waals surface area contributed by atoms with Crippen LogP contribution in [-0.4, -0.2) is 35.6 Å². The Morgan fingerprint density at radius 3 is 2.70 bits per heavy atom. The van der Waals surface area contributed by atoms with E-state index in [1.807, 2.05) is 19.9 Å². The second-order valence-corrected chi connectivity index (χ2v) is 8.38. The number of amides is 1. The molecule has 0 saturated heterocycles. The number of imidazole rings is 1. The monoisotopic (exact) mass is 390 g/mol. The van der Waals surface area contributed by atoms with Gasteiger partial charge in [-0.05, 0) is 24.1 Å². The minimum atomic E-state index is -4.06. The van der Waals surface area contributed by atoms with Crippen LogP contribution in [0.4, 0.5) is 0 Å². The van der Waals surface area contributed by atoms with Crippen LogP contribution in [-0.2, 0) is 23.6 Å². The van der Waals surface area contributed by atoms with E-state index in [0.29, 0.717) is 18.2 Å². The summed E-state index contributed by atoms with van der Waals surface area (Å²) in [7, 11) is -0.806. The number of hydrogen-bond donors (Lipinski definition) is 1. The zero-order valence-electron chi connectivity index (χ0n) is 15.6. The van der Waals surface area contributed by atoms with E-state index in [2.05, 4.69) is 9.71 Å². The Morgan fingerprint density at radius 1 is 1.30 bits per heavy atom. The fraction of sp³-hybridized carbons (Fsp3) is 0.333. The van der Waals surface area contributed by atoms with Crippen LogP contribution in [0.5, 0.6) is 5.75 Å². The van der Waals surface area contributed by atoms with E-state index in [4.69, 9.17) is 4.74 Å². The molecule has 2 heterocycles. The molecule has 9 heteroatoms. The predicted molar refractivity (Wildman–Crippen MR) is 101 cm³/mol. The molecule has 0 aliphatic heterocycles. The summed E-state index contributed by atoms with van der Waals surface area (Å²) < 4.78 is 35.6. The maximum atomic E-state index is 12.6. The van der Waals surface area contributed by atoms with Gasteiger partial charge in [0, 0.05) is 31.2 Å². The lowest BCUT2D eigenvalue weighted by Crippen LogP contribution is -2.32. The van der Waals surface area contributed by atoms with E-state index in [0.717, 1.165) is 10.9 Å². The van der Waals surface area contributed by atoms with Gasteiger partial charge in [0.05, 0.1) is 19.0 Å². The fourth-order valence-corrected chi connectivity index (χ4v) is 3.79. The third kappa shape index (κ3) is 3.82. The zero-order valence-corrected chi connectivity index (χ0v) is 16.4. The summed E-state index contributed by atoms with van der Waals surface area (Å²) in [4.78, 5) is 16.5. The molecule has 0 fully saturated rings. The lowest BCUT2D eigenvalue weighted by molar-refractivity contribution is 0.0974. The van der Waals surface area contributed by atoms with Crippen molar-refractivity contribution in [2.45, 2.75) is 25.4 Å². The van der Waals surface area contributed by atoms with Crippen molar-refractivity contribution in [1.82, 2.24) is 18.8 Å². The molecule has 0 saturated carbocycles. The first kappa shape index (κ1) is 19.0. The second kappa shape index (κ2) is 7.07. The number of carbonyl (C=O) groups is 1. The number of fused-ring (bicyclic) bond motifs is 1. The largest absolute Gasteiger partial charge is 0.497 e. The molecule has 0 radical (unpaired) electrons. The van der Waals surface area contributed by atoms with Crippen LogP contribution in [0.2, 0.25) is 0 Å². The van der Waals surface area contributed by atoms with Gasteiger partial charge in [0.1, 0.15) is 11.4 Å². The van der Waals surface area contributed by atoms with Crippen molar-refractivity contribution < 1.29 is 17.9 Å². The van der Waals surface area contributed by atoms with Crippen molar-refractivity contribution in [2.75, 3.05) is 7.11 Å². The third-order valence-electron chi connectivity index (χ3n) is 4.17. The molecular formula is C18H22N4O4S. The average molecular weight is 390 g/mol. The SMILES string of the molecule is COc1ccc2cc(C(=O)NS(=O)(=O)c3cn(CC(C)C)cn3)n(C)c2c1. The maximum absolute atomic E-state index is 12.6. The standard InChI is InChI=1S/C18H22N4O4S/c1-12(2)9-22-10-17(19-11-22)27(24,25)20-18(23)16-7-13-5-6-14(26-4)8-15(13)21(16)3/h5-8,10-12H,9H2,1-4H3,(H,20,23). The number of aromatic nitrogens is 3. The smallest absolute Gasteiger partial charge is 0.283 e. The van der Waals surface area contributed by atoms with Crippen LogP contribution in [0.15, 0.2) is 41.8 Å². The highest BCUT2D eigenvalue weighted by Crippen LogP contribution is 2.24. The van der Waals surface area contributed by atoms with Crippen molar-refractivity contribution in [1.29, 1.82) is 0 Å². The molecule has 3 aromatic rings. The van der Waals surface area contributed by atoms with Crippen LogP contribution in [0, 0.1) is 5.92 Å². The van der Waals surface area contributed by atoms with E-state index < -0.39 is 15.9 Å². The Kier molecular flexibility index (Phi) is 4.97. The highest BCUT2D eigenvalue weighted by Gasteiger charge is 2.23. The minimum absolute atomic E-state index is 0.183. The molecular weight excluding hydrogens is 368 g/mol. The average Bonchev–Trinajstić information content (AvgIpc) is 3.19. The van der Waals surface area contributed by atoms with Gasteiger partial charge < -0.3 is 13.9 Å². The fourth-order valence-electron chi connectivity index (χ4n) is 2.88. The summed E-state index contributed by atoms with van der Waals surface area (Å²) in [5.74, 6) is 0.280. The Balaban J connectivity index is 1.87. The zero-order chi connectivity index (χ0) is 19.8. The number of hydrogen-bond acceptors (Lipinski definition) is 5. The summed E-state index contributed by atoms with van der Waals surface area (Å²) in [6.45, 7) is 4.68. The molecule has 2 aromatic heterocycles. The first-order chi connectivity index (χ1) is 12.7. The van der Waals surface area contributed by atoms with Gasteiger partial charge in [-0.3, -0.25) is 4.79 Å². The van der Waals surface area contributed by atoms with Crippen LogP contribution >= 0.6 is 0 Å². The van der Waals surface area contributed by atoms with E-state index in [1.165, 1.54) is 12.5 Å². The van der Waals surface area contributed by atoms with E-state index in [-0.39, 0.29) is 10.7 Å². The number of nitrogens with zero attached hydrogens (tertiary/aromatic N) is 3. The quantitative estimate of drug-likeness (QED) is 0.696. The topological polar surface area (TPSA) is 95.2 Å². The number of nitrogens with one attached hydrogen (secondary N) is 1. The Morgan fingerprint density at radius 2 is 2.04 bits per heavy atom. The first-order valence-corrected chi connectivity index (χ1v) is 9.92. The predicted octanol–water partition coefficient (Wildman–Crippen LogP) is 2.16. The Hall–Kier alpha value is -2.81. The summed E-state index contributed by atoms with van der Waals surface area (Å²) in [6, 6.07) is 7.01. The molecule has 27 heavy (non-hydrogen) atoms. The number of carbonyl (C=O) groups excluding carboxylic acids is 1. The number of rotatable bonds is 6. The van der Waals surface area contributed by atoms with E-state index >= 15 is 0 Å². The number of aryl methyl sites for hydroxylation is 1. The molecule has 0 aliphatic rings. The molecule has 1 amide bonds. The molecule has 144 valence electrons. The summed E-state index contributed by atoms with van der Waals surface area (Å²) in [5, 5.41) is 0.624. The van der Waals surface area contributed by atoms with Crippen LogP contribution in [0.1, 0.15) is 24.3 Å². The maximum Gasteiger partial charge on any atom is 0.283 e. The van der Waals surface area contributed by atoms with Crippen LogP contribution in [0.25, 0.3) is 10.9 Å². The van der Waals surface area contributed by atoms with Crippen molar-refractivity contribution in [2.24, 2.45) is 13.0 Å². The second-order valence-electron chi connectivity index (χ2n) is 6.75. The number of sulfonamides is 1. The van der Waals surface area contributed by atoms with Gasteiger partial charge in [-0.1, -0.05) is 13.8 Å². The Labute approximate surface area is 157 Å². The highest BCUT2D eigenvalue weighted by molar-refractivity contribution is 7.90. The lowest BCUT2D eigenvalue weighted by Gasteiger charge is -2.07. The molecule has 1 aromatic carbocycles. The van der Waals surface area contributed by atoms with Crippen molar-refractivity contribution in [3.8, 4) is 5.75 Å². The van der Waals surface area contributed by atoms with Crippen molar-refractivity contribution in [3.05, 3.63) is 42.5 Å². The number of ether oxygens (including phenoxy) is 1. The number of benzene rings is 1. The van der Waals surface area contributed by atoms with Crippen molar-refractivity contribution >= 4 is 26.8 Å². The van der Waals surface area contributed by atoms with Gasteiger partial charge in [-0.2, -0.15) is 8.42 Å². The summed E-state index contributed by atoms with van der Waals surface area (Å²) in [6.07, 6.45) is 2.87. The van der Waals surface area contributed by atoms with E-state index in [9.17, 15) is 13.2 Å². The molecule has 8 nitrogen and oxygen atoms in total. The van der Waals surface area contributed by atoms with Crippen LogP contribution < -0.4 is 9.46 Å². The summed E-state index contributed by atoms with van der Waals surface area (Å²) in [5.41, 5.74) is 0.988. The molecule has 0 spiro atoms. The third-order valence-corrected chi connectivity index (χ3v) is 5.39. The van der Waals surface area contributed by atoms with Gasteiger partial charge in [-0.25, -0.2) is 9.71 Å². The molecule has 0 unspecified atom stereocenters. The summed E-state index contributed by atoms with van der Waals surface area (Å²) >= 11 is 0. The van der Waals surface area contributed by atoms with Gasteiger partial charge in [0.2, 0.25) is 0 Å². The van der Waals surface area contributed by atoms with Gasteiger partial charge in [0.25, 0.3) is 15.9 Å². The minimum Gasteiger partial charge on any atom is -0.497 e. The van der Waals surface area contributed by atoms with Gasteiger partial charge in [-0.15, -0.1) is 0 Å². The molecule has 0 bridgehead atoms. The first-order valence-electron chi connectivity index (χ1n) is 8.43. The lowest BCUT2D eigenvalue weighted by atomic mass is 10.2. The van der Waals surface area contributed by atoms with Gasteiger partial charge >= 0.3 is 0 Å². The highest BCUT2D eigenvalue weighted by atomic mass is 32.2. The molecule has 0 atom stereocenters. The van der Waals surface area contributed by atoms with Gasteiger partial charge in [0.15, 0.2) is 5.03 Å². The molecule has 1 N–H and O–H groups in total. The molecule has 0 aliphatic carbocycles. The van der Waals surface area contributed by atoms with Crippen LogP contribution in [0.3, 0.4) is 0 Å².